The molecular formula is C15H18F3NO2. The minimum Gasteiger partial charge on any atom is -0.392 e. The van der Waals surface area contributed by atoms with Crippen LogP contribution >= 0.6 is 0 Å². The average molecular weight is 301 g/mol. The van der Waals surface area contributed by atoms with E-state index in [0.29, 0.717) is 13.0 Å². The van der Waals surface area contributed by atoms with Gasteiger partial charge in [0.25, 0.3) is 0 Å². The molecule has 6 heteroatoms. The first kappa shape index (κ1) is 15.9. The molecule has 1 aromatic carbocycles. The Morgan fingerprint density at radius 2 is 2.05 bits per heavy atom. The van der Waals surface area contributed by atoms with E-state index in [4.69, 9.17) is 9.84 Å². The molecule has 0 aliphatic heterocycles. The van der Waals surface area contributed by atoms with E-state index in [1.807, 2.05) is 35.0 Å². The summed E-state index contributed by atoms with van der Waals surface area (Å²) in [5.41, 5.74) is 1.83. The van der Waals surface area contributed by atoms with Crippen LogP contribution in [0.25, 0.3) is 10.9 Å². The van der Waals surface area contributed by atoms with Gasteiger partial charge in [-0.05, 0) is 42.5 Å². The summed E-state index contributed by atoms with van der Waals surface area (Å²) >= 11 is 0. The average Bonchev–Trinajstić information content (AvgIpc) is 2.84. The number of halogens is 3. The van der Waals surface area contributed by atoms with Gasteiger partial charge in [-0.15, -0.1) is 0 Å². The van der Waals surface area contributed by atoms with Gasteiger partial charge in [0.2, 0.25) is 0 Å². The molecule has 0 aliphatic rings. The Hall–Kier alpha value is -1.53. The zero-order chi connectivity index (χ0) is 15.5. The van der Waals surface area contributed by atoms with Gasteiger partial charge in [0.15, 0.2) is 6.10 Å². The zero-order valence-electron chi connectivity index (χ0n) is 11.7. The van der Waals surface area contributed by atoms with Crippen molar-refractivity contribution >= 4 is 10.9 Å². The molecule has 1 atom stereocenters. The maximum atomic E-state index is 12.3. The predicted molar refractivity (Wildman–Crippen MR) is 73.9 cm³/mol. The maximum absolute atomic E-state index is 12.3. The lowest BCUT2D eigenvalue weighted by atomic mass is 10.2. The van der Waals surface area contributed by atoms with Crippen LogP contribution in [0.2, 0.25) is 0 Å². The highest BCUT2D eigenvalue weighted by atomic mass is 19.4. The van der Waals surface area contributed by atoms with Crippen molar-refractivity contribution in [1.82, 2.24) is 4.57 Å². The largest absolute Gasteiger partial charge is 0.414 e. The SMILES string of the molecule is CC(OCCCn1ccc2cc(CO)ccc21)C(F)(F)F. The van der Waals surface area contributed by atoms with E-state index in [-0.39, 0.29) is 13.2 Å². The van der Waals surface area contributed by atoms with Crippen LogP contribution in [0, 0.1) is 0 Å². The lowest BCUT2D eigenvalue weighted by Crippen LogP contribution is -2.29. The Labute approximate surface area is 120 Å². The van der Waals surface area contributed by atoms with Crippen molar-refractivity contribution in [2.45, 2.75) is 38.8 Å². The van der Waals surface area contributed by atoms with Crippen LogP contribution in [0.4, 0.5) is 13.2 Å². The van der Waals surface area contributed by atoms with Gasteiger partial charge in [-0.1, -0.05) is 6.07 Å². The van der Waals surface area contributed by atoms with Crippen LogP contribution in [0.3, 0.4) is 0 Å². The second-order valence-corrected chi connectivity index (χ2v) is 4.97. The van der Waals surface area contributed by atoms with Crippen LogP contribution in [0.15, 0.2) is 30.5 Å². The monoisotopic (exact) mass is 301 g/mol. The van der Waals surface area contributed by atoms with Crippen LogP contribution in [0.1, 0.15) is 18.9 Å². The summed E-state index contributed by atoms with van der Waals surface area (Å²) in [6.07, 6.45) is -3.64. The number of aliphatic hydroxyl groups excluding tert-OH is 1. The standard InChI is InChI=1S/C15H18F3NO2/c1-11(15(16,17)18)21-8-2-6-19-7-5-13-9-12(10-20)3-4-14(13)19/h3-5,7,9,11,20H,2,6,8,10H2,1H3. The highest BCUT2D eigenvalue weighted by Crippen LogP contribution is 2.22. The third kappa shape index (κ3) is 3.98. The molecule has 0 bridgehead atoms. The summed E-state index contributed by atoms with van der Waals surface area (Å²) in [4.78, 5) is 0. The Kier molecular flexibility index (Phi) is 4.90. The Morgan fingerprint density at radius 1 is 1.29 bits per heavy atom. The molecule has 1 unspecified atom stereocenters. The van der Waals surface area contributed by atoms with E-state index in [0.717, 1.165) is 23.4 Å². The van der Waals surface area contributed by atoms with Gasteiger partial charge in [-0.25, -0.2) is 0 Å². The highest BCUT2D eigenvalue weighted by molar-refractivity contribution is 5.80. The van der Waals surface area contributed by atoms with Crippen LogP contribution in [-0.2, 0) is 17.9 Å². The van der Waals surface area contributed by atoms with Crippen LogP contribution in [0.5, 0.6) is 0 Å². The number of benzene rings is 1. The maximum Gasteiger partial charge on any atom is 0.414 e. The molecule has 0 radical (unpaired) electrons. The lowest BCUT2D eigenvalue weighted by Gasteiger charge is -2.16. The summed E-state index contributed by atoms with van der Waals surface area (Å²) in [5, 5.41) is 10.1. The van der Waals surface area contributed by atoms with Gasteiger partial charge in [0.05, 0.1) is 6.61 Å². The van der Waals surface area contributed by atoms with Crippen molar-refractivity contribution in [2.75, 3.05) is 6.61 Å². The molecule has 3 nitrogen and oxygen atoms in total. The van der Waals surface area contributed by atoms with Crippen molar-refractivity contribution < 1.29 is 23.0 Å². The molecule has 21 heavy (non-hydrogen) atoms. The fourth-order valence-corrected chi connectivity index (χ4v) is 2.13. The van der Waals surface area contributed by atoms with E-state index in [1.54, 1.807) is 0 Å². The highest BCUT2D eigenvalue weighted by Gasteiger charge is 2.36. The number of hydrogen-bond acceptors (Lipinski definition) is 2. The van der Waals surface area contributed by atoms with Crippen molar-refractivity contribution in [3.8, 4) is 0 Å². The summed E-state index contributed by atoms with van der Waals surface area (Å²) in [7, 11) is 0. The molecule has 0 saturated carbocycles. The summed E-state index contributed by atoms with van der Waals surface area (Å²) in [6.45, 7) is 1.66. The van der Waals surface area contributed by atoms with E-state index in [1.165, 1.54) is 0 Å². The molecule has 0 saturated heterocycles. The van der Waals surface area contributed by atoms with E-state index in [9.17, 15) is 13.2 Å². The van der Waals surface area contributed by atoms with Crippen molar-refractivity contribution in [1.29, 1.82) is 0 Å². The minimum absolute atomic E-state index is 0.00963. The molecule has 2 aromatic rings. The molecule has 2 rings (SSSR count). The third-order valence-electron chi connectivity index (χ3n) is 3.39. The molecular weight excluding hydrogens is 283 g/mol. The number of aliphatic hydroxyl groups is 1. The number of fused-ring (bicyclic) bond motifs is 1. The molecule has 0 amide bonds. The number of rotatable bonds is 6. The van der Waals surface area contributed by atoms with E-state index >= 15 is 0 Å². The van der Waals surface area contributed by atoms with Crippen molar-refractivity contribution in [3.63, 3.8) is 0 Å². The predicted octanol–water partition coefficient (Wildman–Crippen LogP) is 3.49. The van der Waals surface area contributed by atoms with Gasteiger partial charge in [-0.3, -0.25) is 0 Å². The van der Waals surface area contributed by atoms with E-state index < -0.39 is 12.3 Å². The summed E-state index contributed by atoms with van der Waals surface area (Å²) in [5.74, 6) is 0. The van der Waals surface area contributed by atoms with Gasteiger partial charge in [-0.2, -0.15) is 13.2 Å². The van der Waals surface area contributed by atoms with Gasteiger partial charge < -0.3 is 14.4 Å². The first-order valence-corrected chi connectivity index (χ1v) is 6.79. The van der Waals surface area contributed by atoms with Crippen molar-refractivity contribution in [2.24, 2.45) is 0 Å². The zero-order valence-corrected chi connectivity index (χ0v) is 11.7. The number of aromatic nitrogens is 1. The summed E-state index contributed by atoms with van der Waals surface area (Å²) < 4.78 is 43.6. The van der Waals surface area contributed by atoms with Crippen LogP contribution in [-0.4, -0.2) is 28.6 Å². The number of hydrogen-bond donors (Lipinski definition) is 1. The Morgan fingerprint density at radius 3 is 2.71 bits per heavy atom. The molecule has 1 N–H and O–H groups in total. The van der Waals surface area contributed by atoms with Crippen molar-refractivity contribution in [3.05, 3.63) is 36.0 Å². The molecule has 116 valence electrons. The van der Waals surface area contributed by atoms with Gasteiger partial charge in [0.1, 0.15) is 0 Å². The number of nitrogens with zero attached hydrogens (tertiary/aromatic N) is 1. The normalized spacial score (nSPS) is 13.8. The fourth-order valence-electron chi connectivity index (χ4n) is 2.13. The quantitative estimate of drug-likeness (QED) is 0.829. The first-order valence-electron chi connectivity index (χ1n) is 6.79. The second kappa shape index (κ2) is 6.49. The van der Waals surface area contributed by atoms with E-state index in [2.05, 4.69) is 0 Å². The molecule has 0 aliphatic carbocycles. The molecule has 0 fully saturated rings. The van der Waals surface area contributed by atoms with Gasteiger partial charge in [0, 0.05) is 24.9 Å². The molecule has 1 heterocycles. The second-order valence-electron chi connectivity index (χ2n) is 4.97. The molecule has 1 aromatic heterocycles. The number of aryl methyl sites for hydroxylation is 1. The van der Waals surface area contributed by atoms with Crippen LogP contribution < -0.4 is 0 Å². The fraction of sp³-hybridized carbons (Fsp3) is 0.467. The number of alkyl halides is 3. The number of ether oxygens (including phenoxy) is 1. The topological polar surface area (TPSA) is 34.4 Å². The smallest absolute Gasteiger partial charge is 0.392 e. The Bertz CT molecular complexity index is 592. The molecule has 0 spiro atoms. The van der Waals surface area contributed by atoms with Gasteiger partial charge >= 0.3 is 6.18 Å². The minimum atomic E-state index is -4.30. The lowest BCUT2D eigenvalue weighted by molar-refractivity contribution is -0.214. The first-order chi connectivity index (χ1) is 9.91. The Balaban J connectivity index is 1.89. The third-order valence-corrected chi connectivity index (χ3v) is 3.39. The summed E-state index contributed by atoms with van der Waals surface area (Å²) in [6, 6.07) is 7.56.